The molecule has 0 aliphatic carbocycles. The monoisotopic (exact) mass is 806 g/mol. The second-order valence-corrected chi connectivity index (χ2v) is 19.6. The van der Waals surface area contributed by atoms with Crippen LogP contribution in [-0.2, 0) is 24.8 Å². The number of thioether (sulfide) groups is 3. The Balaban J connectivity index is 1.28. The molecule has 0 amide bonds. The molecule has 1 aliphatic rings. The van der Waals surface area contributed by atoms with Crippen molar-refractivity contribution in [1.29, 1.82) is 0 Å². The molecule has 2 N–H and O–H groups in total. The summed E-state index contributed by atoms with van der Waals surface area (Å²) in [5, 5.41) is 6.48. The molecule has 0 spiro atoms. The zero-order chi connectivity index (χ0) is 37.1. The largest absolute Gasteiger partial charge is 0.379 e. The standard InChI is InChI=1S/C36H50N6O5S5/c1-39(2)33-13-5-11-31-29(33)9-7-15-35(31)51(43,44)37-41-17-21-47-22-18-42(20-24-49-26-28-50-27-25-48-23-19-41)38-52(45,46)36-16-8-10-30-32(36)12-6-14-34(30)40(3)4/h5-16,37-38H,17-28H2,1-4H3. The number of ether oxygens (including phenoxy) is 1. The molecule has 1 aliphatic heterocycles. The van der Waals surface area contributed by atoms with Gasteiger partial charge in [-0.25, -0.2) is 26.9 Å². The van der Waals surface area contributed by atoms with Crippen LogP contribution in [0.25, 0.3) is 21.5 Å². The number of hydrogen-bond donors (Lipinski definition) is 2. The van der Waals surface area contributed by atoms with Gasteiger partial charge in [0.1, 0.15) is 0 Å². The Labute approximate surface area is 322 Å². The van der Waals surface area contributed by atoms with Crippen molar-refractivity contribution in [3.63, 3.8) is 0 Å². The third kappa shape index (κ3) is 10.9. The van der Waals surface area contributed by atoms with Gasteiger partial charge in [-0.1, -0.05) is 48.5 Å². The SMILES string of the molecule is CN(C)c1cccc2c(S(=O)(=O)NN3CCOCCN(NS(=O)(=O)c4cccc5c(N(C)C)cccc45)CCSCCSCCSCC3)cccc12. The molecule has 11 nitrogen and oxygen atoms in total. The Morgan fingerprint density at radius 3 is 1.29 bits per heavy atom. The van der Waals surface area contributed by atoms with Crippen molar-refractivity contribution in [2.75, 3.05) is 112 Å². The van der Waals surface area contributed by atoms with Crippen molar-refractivity contribution in [3.05, 3.63) is 72.8 Å². The average molecular weight is 807 g/mol. The van der Waals surface area contributed by atoms with Gasteiger partial charge in [-0.05, 0) is 24.3 Å². The molecule has 4 aromatic carbocycles. The van der Waals surface area contributed by atoms with Crippen LogP contribution in [0.4, 0.5) is 11.4 Å². The van der Waals surface area contributed by atoms with Gasteiger partial charge in [0.05, 0.1) is 23.0 Å². The van der Waals surface area contributed by atoms with E-state index in [0.29, 0.717) is 37.0 Å². The van der Waals surface area contributed by atoms with E-state index in [1.807, 2.05) is 122 Å². The molecule has 0 unspecified atom stereocenters. The lowest BCUT2D eigenvalue weighted by molar-refractivity contribution is 0.0760. The number of fused-ring (bicyclic) bond motifs is 2. The second kappa shape index (κ2) is 19.4. The number of nitrogens with one attached hydrogen (secondary N) is 2. The van der Waals surface area contributed by atoms with E-state index in [1.54, 1.807) is 34.3 Å². The van der Waals surface area contributed by atoms with E-state index in [2.05, 4.69) is 9.66 Å². The van der Waals surface area contributed by atoms with E-state index in [4.69, 9.17) is 4.74 Å². The molecular formula is C36H50N6O5S5. The van der Waals surface area contributed by atoms with Crippen LogP contribution in [0.3, 0.4) is 0 Å². The first kappa shape index (κ1) is 40.9. The molecule has 0 atom stereocenters. The quantitative estimate of drug-likeness (QED) is 0.249. The summed E-state index contributed by atoms with van der Waals surface area (Å²) in [4.78, 5) is 10.1. The van der Waals surface area contributed by atoms with Gasteiger partial charge in [-0.15, -0.1) is 9.66 Å². The van der Waals surface area contributed by atoms with Crippen molar-refractivity contribution in [2.45, 2.75) is 9.79 Å². The fraction of sp³-hybridized carbons (Fsp3) is 0.444. The van der Waals surface area contributed by atoms with Gasteiger partial charge in [0.2, 0.25) is 0 Å². The normalized spacial score (nSPS) is 17.5. The molecule has 284 valence electrons. The van der Waals surface area contributed by atoms with Gasteiger partial charge in [-0.2, -0.15) is 35.3 Å². The maximum Gasteiger partial charge on any atom is 0.254 e. The molecule has 5 rings (SSSR count). The molecule has 0 bridgehead atoms. The Morgan fingerprint density at radius 1 is 0.519 bits per heavy atom. The van der Waals surface area contributed by atoms with E-state index in [1.165, 1.54) is 0 Å². The molecule has 1 fully saturated rings. The number of anilines is 2. The summed E-state index contributed by atoms with van der Waals surface area (Å²) in [6.45, 7) is 2.19. The molecule has 16 heteroatoms. The zero-order valence-corrected chi connectivity index (χ0v) is 34.4. The first-order chi connectivity index (χ1) is 25.0. The highest BCUT2D eigenvalue weighted by Gasteiger charge is 2.24. The average Bonchev–Trinajstić information content (AvgIpc) is 3.11. The van der Waals surface area contributed by atoms with Gasteiger partial charge in [0.25, 0.3) is 20.0 Å². The summed E-state index contributed by atoms with van der Waals surface area (Å²) >= 11 is 5.53. The third-order valence-electron chi connectivity index (χ3n) is 8.53. The molecule has 52 heavy (non-hydrogen) atoms. The van der Waals surface area contributed by atoms with Crippen molar-refractivity contribution >= 4 is 88.3 Å². The number of benzene rings is 4. The first-order valence-corrected chi connectivity index (χ1v) is 23.6. The fourth-order valence-corrected chi connectivity index (χ4v) is 11.9. The van der Waals surface area contributed by atoms with Crippen molar-refractivity contribution in [1.82, 2.24) is 19.7 Å². The van der Waals surface area contributed by atoms with Crippen molar-refractivity contribution in [2.24, 2.45) is 0 Å². The van der Waals surface area contributed by atoms with E-state index < -0.39 is 20.0 Å². The van der Waals surface area contributed by atoms with E-state index in [-0.39, 0.29) is 23.0 Å². The van der Waals surface area contributed by atoms with Gasteiger partial charge in [0.15, 0.2) is 0 Å². The molecule has 0 saturated carbocycles. The van der Waals surface area contributed by atoms with Crippen LogP contribution in [0.1, 0.15) is 0 Å². The maximum absolute atomic E-state index is 13.9. The summed E-state index contributed by atoms with van der Waals surface area (Å²) in [5.74, 6) is 5.50. The summed E-state index contributed by atoms with van der Waals surface area (Å²) in [5.41, 5.74) is 1.89. The molecule has 0 radical (unpaired) electrons. The number of hydrazine groups is 2. The predicted octanol–water partition coefficient (Wildman–Crippen LogP) is 5.05. The minimum atomic E-state index is -3.91. The zero-order valence-electron chi connectivity index (χ0n) is 30.3. The van der Waals surface area contributed by atoms with Crippen LogP contribution in [0.2, 0.25) is 0 Å². The highest BCUT2D eigenvalue weighted by atomic mass is 32.2. The van der Waals surface area contributed by atoms with Gasteiger partial charge >= 0.3 is 0 Å². The Hall–Kier alpha value is -2.25. The van der Waals surface area contributed by atoms with Crippen LogP contribution in [-0.4, -0.2) is 129 Å². The molecule has 0 aromatic heterocycles. The molecule has 4 aromatic rings. The third-order valence-corrected chi connectivity index (χ3v) is 14.8. The first-order valence-electron chi connectivity index (χ1n) is 17.2. The Kier molecular flexibility index (Phi) is 15.2. The number of hydrogen-bond acceptors (Lipinski definition) is 12. The van der Waals surface area contributed by atoms with E-state index in [9.17, 15) is 16.8 Å². The van der Waals surface area contributed by atoms with Gasteiger partial charge in [-0.3, -0.25) is 0 Å². The molecule has 1 saturated heterocycles. The Morgan fingerprint density at radius 2 is 0.885 bits per heavy atom. The maximum atomic E-state index is 13.9. The summed E-state index contributed by atoms with van der Waals surface area (Å²) in [6.07, 6.45) is 0. The number of rotatable bonds is 8. The van der Waals surface area contributed by atoms with Gasteiger partial charge in [0, 0.05) is 122 Å². The van der Waals surface area contributed by atoms with Crippen LogP contribution < -0.4 is 19.5 Å². The van der Waals surface area contributed by atoms with Crippen molar-refractivity contribution < 1.29 is 21.6 Å². The van der Waals surface area contributed by atoms with E-state index >= 15 is 0 Å². The smallest absolute Gasteiger partial charge is 0.254 e. The lowest BCUT2D eigenvalue weighted by Gasteiger charge is -2.25. The fourth-order valence-electron chi connectivity index (χ4n) is 5.97. The van der Waals surface area contributed by atoms with Crippen LogP contribution >= 0.6 is 35.3 Å². The van der Waals surface area contributed by atoms with Crippen LogP contribution in [0.5, 0.6) is 0 Å². The lowest BCUT2D eigenvalue weighted by atomic mass is 10.1. The lowest BCUT2D eigenvalue weighted by Crippen LogP contribution is -2.46. The minimum absolute atomic E-state index is 0.225. The van der Waals surface area contributed by atoms with E-state index in [0.717, 1.165) is 56.7 Å². The predicted molar refractivity (Wildman–Crippen MR) is 223 cm³/mol. The summed E-state index contributed by atoms with van der Waals surface area (Å²) in [7, 11) is -0.0478. The summed E-state index contributed by atoms with van der Waals surface area (Å²) < 4.78 is 61.5. The second-order valence-electron chi connectivity index (χ2n) is 12.7. The van der Waals surface area contributed by atoms with Crippen LogP contribution in [0.15, 0.2) is 82.6 Å². The Bertz CT molecular complexity index is 1860. The number of sulfonamides is 2. The van der Waals surface area contributed by atoms with Gasteiger partial charge < -0.3 is 14.5 Å². The number of nitrogens with zero attached hydrogens (tertiary/aromatic N) is 4. The highest BCUT2D eigenvalue weighted by molar-refractivity contribution is 8.04. The molecular weight excluding hydrogens is 757 g/mol. The molecule has 1 heterocycles. The van der Waals surface area contributed by atoms with Crippen LogP contribution in [0, 0.1) is 0 Å². The van der Waals surface area contributed by atoms with Crippen molar-refractivity contribution in [3.8, 4) is 0 Å². The summed E-state index contributed by atoms with van der Waals surface area (Å²) in [6, 6.07) is 22.1. The minimum Gasteiger partial charge on any atom is -0.379 e. The highest BCUT2D eigenvalue weighted by Crippen LogP contribution is 2.31. The topological polar surface area (TPSA) is 115 Å².